The number of nitrogens with zero attached hydrogens (tertiary/aromatic N) is 1. The van der Waals surface area contributed by atoms with Crippen molar-refractivity contribution in [3.8, 4) is 0 Å². The lowest BCUT2D eigenvalue weighted by Crippen LogP contribution is -2.41. The number of pyridine rings is 1. The maximum Gasteiger partial charge on any atom is 0.315 e. The second kappa shape index (κ2) is 7.69. The van der Waals surface area contributed by atoms with Gasteiger partial charge in [0.2, 0.25) is 0 Å². The minimum absolute atomic E-state index is 0.109. The van der Waals surface area contributed by atoms with E-state index in [1.807, 2.05) is 19.1 Å². The van der Waals surface area contributed by atoms with Gasteiger partial charge in [-0.3, -0.25) is 4.98 Å². The molecule has 1 aromatic heterocycles. The van der Waals surface area contributed by atoms with Crippen LogP contribution in [0.2, 0.25) is 0 Å². The van der Waals surface area contributed by atoms with Crippen molar-refractivity contribution in [3.63, 3.8) is 0 Å². The number of rotatable bonds is 6. The topological polar surface area (TPSA) is 54.0 Å². The van der Waals surface area contributed by atoms with Crippen LogP contribution in [0.3, 0.4) is 0 Å². The first-order chi connectivity index (χ1) is 8.61. The van der Waals surface area contributed by atoms with E-state index in [9.17, 15) is 4.79 Å². The molecule has 2 N–H and O–H groups in total. The van der Waals surface area contributed by atoms with Crippen LogP contribution in [0.1, 0.15) is 39.2 Å². The Balaban J connectivity index is 2.25. The Kier molecular flexibility index (Phi) is 6.19. The SMILES string of the molecule is CC[C@@H](C)C[C@@H](C)NC(=O)NCc1ccncc1. The van der Waals surface area contributed by atoms with Crippen molar-refractivity contribution in [2.24, 2.45) is 5.92 Å². The summed E-state index contributed by atoms with van der Waals surface area (Å²) in [5.74, 6) is 0.639. The first kappa shape index (κ1) is 14.5. The van der Waals surface area contributed by atoms with E-state index in [-0.39, 0.29) is 12.1 Å². The molecule has 0 saturated carbocycles. The number of carbonyl (C=O) groups is 1. The molecule has 0 saturated heterocycles. The average Bonchev–Trinajstić information content (AvgIpc) is 2.37. The van der Waals surface area contributed by atoms with Gasteiger partial charge in [0.25, 0.3) is 0 Å². The van der Waals surface area contributed by atoms with Gasteiger partial charge in [-0.2, -0.15) is 0 Å². The predicted molar refractivity (Wildman–Crippen MR) is 73.1 cm³/mol. The maximum atomic E-state index is 11.7. The Labute approximate surface area is 109 Å². The molecule has 2 amide bonds. The lowest BCUT2D eigenvalue weighted by Gasteiger charge is -2.17. The fourth-order valence-electron chi connectivity index (χ4n) is 1.79. The lowest BCUT2D eigenvalue weighted by molar-refractivity contribution is 0.235. The Hall–Kier alpha value is -1.58. The summed E-state index contributed by atoms with van der Waals surface area (Å²) in [5, 5.41) is 5.79. The fraction of sp³-hybridized carbons (Fsp3) is 0.571. The van der Waals surface area contributed by atoms with Crippen LogP contribution in [0, 0.1) is 5.92 Å². The first-order valence-corrected chi connectivity index (χ1v) is 6.55. The maximum absolute atomic E-state index is 11.7. The number of urea groups is 1. The molecule has 0 aliphatic rings. The van der Waals surface area contributed by atoms with Crippen molar-refractivity contribution in [3.05, 3.63) is 30.1 Å². The molecule has 0 fully saturated rings. The summed E-state index contributed by atoms with van der Waals surface area (Å²) in [7, 11) is 0. The summed E-state index contributed by atoms with van der Waals surface area (Å²) in [6.07, 6.45) is 5.60. The van der Waals surface area contributed by atoms with E-state index >= 15 is 0 Å². The van der Waals surface area contributed by atoms with Crippen LogP contribution in [0.5, 0.6) is 0 Å². The van der Waals surface area contributed by atoms with Gasteiger partial charge in [-0.25, -0.2) is 4.79 Å². The van der Waals surface area contributed by atoms with Gasteiger partial charge in [-0.05, 0) is 37.0 Å². The molecule has 4 nitrogen and oxygen atoms in total. The number of hydrogen-bond acceptors (Lipinski definition) is 2. The van der Waals surface area contributed by atoms with Crippen molar-refractivity contribution < 1.29 is 4.79 Å². The monoisotopic (exact) mass is 249 g/mol. The summed E-state index contributed by atoms with van der Waals surface area (Å²) in [5.41, 5.74) is 1.05. The van der Waals surface area contributed by atoms with Crippen molar-refractivity contribution in [1.29, 1.82) is 0 Å². The van der Waals surface area contributed by atoms with Crippen LogP contribution in [-0.2, 0) is 6.54 Å². The van der Waals surface area contributed by atoms with E-state index in [0.717, 1.165) is 18.4 Å². The zero-order valence-corrected chi connectivity index (χ0v) is 11.4. The lowest BCUT2D eigenvalue weighted by atomic mass is 10.0. The Bertz CT molecular complexity index is 353. The third-order valence-electron chi connectivity index (χ3n) is 3.03. The normalized spacial score (nSPS) is 13.7. The molecule has 0 aliphatic heterocycles. The zero-order valence-electron chi connectivity index (χ0n) is 11.4. The first-order valence-electron chi connectivity index (χ1n) is 6.55. The fourth-order valence-corrected chi connectivity index (χ4v) is 1.79. The van der Waals surface area contributed by atoms with Crippen LogP contribution in [0.25, 0.3) is 0 Å². The molecule has 1 rings (SSSR count). The van der Waals surface area contributed by atoms with Crippen LogP contribution in [0.4, 0.5) is 4.79 Å². The summed E-state index contributed by atoms with van der Waals surface area (Å²) in [6.45, 7) is 6.94. The number of nitrogens with one attached hydrogen (secondary N) is 2. The Morgan fingerprint density at radius 1 is 1.33 bits per heavy atom. The minimum atomic E-state index is -0.109. The van der Waals surface area contributed by atoms with E-state index in [1.165, 1.54) is 0 Å². The smallest absolute Gasteiger partial charge is 0.315 e. The van der Waals surface area contributed by atoms with Gasteiger partial charge in [0, 0.05) is 25.0 Å². The van der Waals surface area contributed by atoms with Gasteiger partial charge in [0.1, 0.15) is 0 Å². The molecule has 1 heterocycles. The van der Waals surface area contributed by atoms with E-state index in [0.29, 0.717) is 12.5 Å². The van der Waals surface area contributed by atoms with Gasteiger partial charge in [0.05, 0.1) is 0 Å². The molecule has 0 spiro atoms. The third kappa shape index (κ3) is 5.66. The molecule has 0 bridgehead atoms. The molecule has 2 atom stereocenters. The molecule has 0 radical (unpaired) electrons. The number of amides is 2. The van der Waals surface area contributed by atoms with Crippen molar-refractivity contribution in [1.82, 2.24) is 15.6 Å². The number of hydrogen-bond donors (Lipinski definition) is 2. The van der Waals surface area contributed by atoms with Crippen molar-refractivity contribution in [2.45, 2.75) is 46.2 Å². The van der Waals surface area contributed by atoms with Gasteiger partial charge >= 0.3 is 6.03 Å². The Morgan fingerprint density at radius 2 is 2.00 bits per heavy atom. The van der Waals surface area contributed by atoms with Crippen LogP contribution >= 0.6 is 0 Å². The highest BCUT2D eigenvalue weighted by molar-refractivity contribution is 5.74. The molecular weight excluding hydrogens is 226 g/mol. The number of aromatic nitrogens is 1. The quantitative estimate of drug-likeness (QED) is 0.814. The van der Waals surface area contributed by atoms with Crippen molar-refractivity contribution >= 4 is 6.03 Å². The second-order valence-corrected chi connectivity index (χ2v) is 4.83. The van der Waals surface area contributed by atoms with E-state index < -0.39 is 0 Å². The average molecular weight is 249 g/mol. The summed E-state index contributed by atoms with van der Waals surface area (Å²) in [4.78, 5) is 15.6. The van der Waals surface area contributed by atoms with Gasteiger partial charge < -0.3 is 10.6 Å². The second-order valence-electron chi connectivity index (χ2n) is 4.83. The molecule has 18 heavy (non-hydrogen) atoms. The largest absolute Gasteiger partial charge is 0.336 e. The molecule has 0 aliphatic carbocycles. The zero-order chi connectivity index (χ0) is 13.4. The van der Waals surface area contributed by atoms with Crippen LogP contribution < -0.4 is 10.6 Å². The van der Waals surface area contributed by atoms with E-state index in [2.05, 4.69) is 29.5 Å². The number of carbonyl (C=O) groups excluding carboxylic acids is 1. The highest BCUT2D eigenvalue weighted by Gasteiger charge is 2.09. The summed E-state index contributed by atoms with van der Waals surface area (Å²) in [6, 6.07) is 3.88. The molecule has 100 valence electrons. The van der Waals surface area contributed by atoms with Gasteiger partial charge in [-0.15, -0.1) is 0 Å². The molecule has 0 aromatic carbocycles. The predicted octanol–water partition coefficient (Wildman–Crippen LogP) is 2.71. The van der Waals surface area contributed by atoms with Crippen LogP contribution in [-0.4, -0.2) is 17.1 Å². The Morgan fingerprint density at radius 3 is 2.61 bits per heavy atom. The van der Waals surface area contributed by atoms with Crippen LogP contribution in [0.15, 0.2) is 24.5 Å². The van der Waals surface area contributed by atoms with E-state index in [1.54, 1.807) is 12.4 Å². The van der Waals surface area contributed by atoms with E-state index in [4.69, 9.17) is 0 Å². The highest BCUT2D eigenvalue weighted by atomic mass is 16.2. The summed E-state index contributed by atoms with van der Waals surface area (Å²) < 4.78 is 0. The van der Waals surface area contributed by atoms with Gasteiger partial charge in [0.15, 0.2) is 0 Å². The third-order valence-corrected chi connectivity index (χ3v) is 3.03. The minimum Gasteiger partial charge on any atom is -0.336 e. The van der Waals surface area contributed by atoms with Gasteiger partial charge in [-0.1, -0.05) is 20.3 Å². The summed E-state index contributed by atoms with van der Waals surface area (Å²) >= 11 is 0. The standard InChI is InChI=1S/C14H23N3O/c1-4-11(2)9-12(3)17-14(18)16-10-13-5-7-15-8-6-13/h5-8,11-12H,4,9-10H2,1-3H3,(H2,16,17,18)/t11-,12-/m1/s1. The molecule has 1 aromatic rings. The highest BCUT2D eigenvalue weighted by Crippen LogP contribution is 2.09. The van der Waals surface area contributed by atoms with Crippen molar-refractivity contribution in [2.75, 3.05) is 0 Å². The molecular formula is C14H23N3O. The molecule has 4 heteroatoms. The molecule has 0 unspecified atom stereocenters.